The van der Waals surface area contributed by atoms with Crippen LogP contribution in [0.5, 0.6) is 0 Å². The molecule has 2 rings (SSSR count). The first-order valence-electron chi connectivity index (χ1n) is 8.10. The topological polar surface area (TPSA) is 75.7 Å². The quantitative estimate of drug-likeness (QED) is 0.808. The fraction of sp³-hybridized carbons (Fsp3) is 0.471. The van der Waals surface area contributed by atoms with E-state index in [0.717, 1.165) is 25.3 Å². The molecule has 136 valence electrons. The van der Waals surface area contributed by atoms with Crippen LogP contribution in [0.3, 0.4) is 0 Å². The van der Waals surface area contributed by atoms with Gasteiger partial charge >= 0.3 is 5.97 Å². The summed E-state index contributed by atoms with van der Waals surface area (Å²) in [5.74, 6) is -1.89. The van der Waals surface area contributed by atoms with Crippen LogP contribution in [0.2, 0.25) is 5.02 Å². The average Bonchev–Trinajstić information content (AvgIpc) is 2.75. The van der Waals surface area contributed by atoms with Gasteiger partial charge in [0.1, 0.15) is 12.4 Å². The second-order valence-electron chi connectivity index (χ2n) is 5.88. The number of likely N-dealkylation sites (tertiary alicyclic amines) is 1. The molecule has 0 radical (unpaired) electrons. The van der Waals surface area contributed by atoms with Gasteiger partial charge in [0.05, 0.1) is 5.02 Å². The highest BCUT2D eigenvalue weighted by Crippen LogP contribution is 2.19. The van der Waals surface area contributed by atoms with E-state index in [0.29, 0.717) is 18.7 Å². The van der Waals surface area contributed by atoms with Crippen LogP contribution in [-0.4, -0.2) is 41.9 Å². The van der Waals surface area contributed by atoms with E-state index in [1.165, 1.54) is 24.0 Å². The lowest BCUT2D eigenvalue weighted by atomic mass is 10.2. The van der Waals surface area contributed by atoms with Crippen LogP contribution in [0.15, 0.2) is 18.2 Å². The van der Waals surface area contributed by atoms with Gasteiger partial charge < -0.3 is 15.0 Å². The van der Waals surface area contributed by atoms with Crippen molar-refractivity contribution in [1.82, 2.24) is 4.90 Å². The van der Waals surface area contributed by atoms with E-state index in [1.807, 2.05) is 0 Å². The van der Waals surface area contributed by atoms with Crippen molar-refractivity contribution in [2.45, 2.75) is 38.7 Å². The number of carbonyl (C=O) groups excluding carboxylic acids is 3. The predicted molar refractivity (Wildman–Crippen MR) is 90.6 cm³/mol. The van der Waals surface area contributed by atoms with Crippen molar-refractivity contribution >= 4 is 35.1 Å². The number of benzene rings is 1. The van der Waals surface area contributed by atoms with Crippen molar-refractivity contribution in [2.24, 2.45) is 0 Å². The Kier molecular flexibility index (Phi) is 6.75. The molecule has 0 aromatic heterocycles. The third kappa shape index (κ3) is 5.70. The van der Waals surface area contributed by atoms with Crippen molar-refractivity contribution in [2.75, 3.05) is 18.4 Å². The van der Waals surface area contributed by atoms with E-state index in [1.54, 1.807) is 0 Å². The third-order valence-corrected chi connectivity index (χ3v) is 4.15. The predicted octanol–water partition coefficient (Wildman–Crippen LogP) is 2.75. The highest BCUT2D eigenvalue weighted by atomic mass is 35.5. The zero-order valence-corrected chi connectivity index (χ0v) is 14.6. The van der Waals surface area contributed by atoms with Gasteiger partial charge in [-0.05, 0) is 38.0 Å². The van der Waals surface area contributed by atoms with Gasteiger partial charge in [-0.3, -0.25) is 14.4 Å². The Balaban J connectivity index is 1.85. The molecule has 8 heteroatoms. The van der Waals surface area contributed by atoms with Crippen molar-refractivity contribution in [3.05, 3.63) is 29.0 Å². The number of ether oxygens (including phenoxy) is 1. The normalized spacial score (nSPS) is 16.1. The molecule has 1 aliphatic rings. The molecule has 1 saturated heterocycles. The summed E-state index contributed by atoms with van der Waals surface area (Å²) in [6.45, 7) is 1.77. The Morgan fingerprint density at radius 3 is 2.84 bits per heavy atom. The standard InChI is InChI=1S/C17H20ClFN2O4/c1-11(17(24)20-12-6-7-14(19)13(18)9-12)25-16(23)10-21-8-4-2-3-5-15(21)22/h6-7,9,11H,2-5,8,10H2,1H3,(H,20,24)/t11-/m0/s1. The van der Waals surface area contributed by atoms with Gasteiger partial charge in [0.25, 0.3) is 5.91 Å². The van der Waals surface area contributed by atoms with E-state index < -0.39 is 23.8 Å². The van der Waals surface area contributed by atoms with Crippen molar-refractivity contribution in [1.29, 1.82) is 0 Å². The van der Waals surface area contributed by atoms with E-state index in [-0.39, 0.29) is 17.5 Å². The number of hydrogen-bond donors (Lipinski definition) is 1. The first kappa shape index (κ1) is 19.2. The van der Waals surface area contributed by atoms with Gasteiger partial charge in [0.2, 0.25) is 5.91 Å². The molecule has 1 aromatic carbocycles. The Morgan fingerprint density at radius 2 is 2.12 bits per heavy atom. The molecule has 1 fully saturated rings. The summed E-state index contributed by atoms with van der Waals surface area (Å²) in [5, 5.41) is 2.37. The second-order valence-corrected chi connectivity index (χ2v) is 6.28. The van der Waals surface area contributed by atoms with Crippen LogP contribution >= 0.6 is 11.6 Å². The highest BCUT2D eigenvalue weighted by Gasteiger charge is 2.23. The summed E-state index contributed by atoms with van der Waals surface area (Å²) < 4.78 is 18.2. The van der Waals surface area contributed by atoms with Crippen LogP contribution in [0.25, 0.3) is 0 Å². The smallest absolute Gasteiger partial charge is 0.326 e. The fourth-order valence-corrected chi connectivity index (χ4v) is 2.65. The van der Waals surface area contributed by atoms with Gasteiger partial charge in [-0.2, -0.15) is 0 Å². The van der Waals surface area contributed by atoms with Crippen molar-refractivity contribution in [3.63, 3.8) is 0 Å². The zero-order chi connectivity index (χ0) is 18.4. The summed E-state index contributed by atoms with van der Waals surface area (Å²) in [6, 6.07) is 3.74. The third-order valence-electron chi connectivity index (χ3n) is 3.86. The van der Waals surface area contributed by atoms with Gasteiger partial charge in [0, 0.05) is 18.7 Å². The maximum Gasteiger partial charge on any atom is 0.326 e. The lowest BCUT2D eigenvalue weighted by molar-refractivity contribution is -0.156. The number of esters is 1. The number of anilines is 1. The van der Waals surface area contributed by atoms with Crippen LogP contribution in [-0.2, 0) is 19.1 Å². The lowest BCUT2D eigenvalue weighted by Gasteiger charge is -2.20. The summed E-state index contributed by atoms with van der Waals surface area (Å²) in [5.41, 5.74) is 0.294. The van der Waals surface area contributed by atoms with Crippen LogP contribution in [0.4, 0.5) is 10.1 Å². The number of carbonyl (C=O) groups is 3. The van der Waals surface area contributed by atoms with Gasteiger partial charge in [-0.15, -0.1) is 0 Å². The van der Waals surface area contributed by atoms with E-state index >= 15 is 0 Å². The molecule has 1 atom stereocenters. The minimum Gasteiger partial charge on any atom is -0.451 e. The minimum atomic E-state index is -1.06. The van der Waals surface area contributed by atoms with Crippen molar-refractivity contribution < 1.29 is 23.5 Å². The van der Waals surface area contributed by atoms with Gasteiger partial charge in [0.15, 0.2) is 6.10 Å². The summed E-state index contributed by atoms with van der Waals surface area (Å²) in [6.07, 6.45) is 1.99. The summed E-state index contributed by atoms with van der Waals surface area (Å²) in [7, 11) is 0. The number of nitrogens with zero attached hydrogens (tertiary/aromatic N) is 1. The molecule has 6 nitrogen and oxygen atoms in total. The molecule has 2 amide bonds. The number of halogens is 2. The Hall–Kier alpha value is -2.15. The Labute approximate surface area is 150 Å². The average molecular weight is 371 g/mol. The number of nitrogens with one attached hydrogen (secondary N) is 1. The van der Waals surface area contributed by atoms with Crippen LogP contribution < -0.4 is 5.32 Å². The largest absolute Gasteiger partial charge is 0.451 e. The molecular formula is C17H20ClFN2O4. The molecule has 0 bridgehead atoms. The van der Waals surface area contributed by atoms with Gasteiger partial charge in [-0.25, -0.2) is 4.39 Å². The molecule has 1 N–H and O–H groups in total. The lowest BCUT2D eigenvalue weighted by Crippen LogP contribution is -2.38. The highest BCUT2D eigenvalue weighted by molar-refractivity contribution is 6.31. The fourth-order valence-electron chi connectivity index (χ4n) is 2.47. The molecule has 1 aliphatic heterocycles. The van der Waals surface area contributed by atoms with Crippen LogP contribution in [0, 0.1) is 5.82 Å². The molecule has 1 aromatic rings. The van der Waals surface area contributed by atoms with E-state index in [2.05, 4.69) is 5.32 Å². The maximum absolute atomic E-state index is 13.1. The number of rotatable bonds is 5. The second kappa shape index (κ2) is 8.80. The molecule has 0 saturated carbocycles. The summed E-state index contributed by atoms with van der Waals surface area (Å²) in [4.78, 5) is 37.3. The molecule has 1 heterocycles. The van der Waals surface area contributed by atoms with Crippen molar-refractivity contribution in [3.8, 4) is 0 Å². The van der Waals surface area contributed by atoms with E-state index in [4.69, 9.17) is 16.3 Å². The Morgan fingerprint density at radius 1 is 1.36 bits per heavy atom. The first-order chi connectivity index (χ1) is 11.9. The molecule has 25 heavy (non-hydrogen) atoms. The Bertz CT molecular complexity index is 668. The number of amides is 2. The van der Waals surface area contributed by atoms with Crippen LogP contribution in [0.1, 0.15) is 32.6 Å². The summed E-state index contributed by atoms with van der Waals surface area (Å²) >= 11 is 5.65. The molecule has 0 aliphatic carbocycles. The minimum absolute atomic E-state index is 0.0764. The monoisotopic (exact) mass is 370 g/mol. The molecule has 0 unspecified atom stereocenters. The van der Waals surface area contributed by atoms with Gasteiger partial charge in [-0.1, -0.05) is 18.0 Å². The zero-order valence-electron chi connectivity index (χ0n) is 13.9. The maximum atomic E-state index is 13.1. The SMILES string of the molecule is C[C@H](OC(=O)CN1CCCCCC1=O)C(=O)Nc1ccc(F)c(Cl)c1. The molecule has 0 spiro atoms. The molecular weight excluding hydrogens is 351 g/mol. The van der Waals surface area contributed by atoms with E-state index in [9.17, 15) is 18.8 Å². The number of hydrogen-bond acceptors (Lipinski definition) is 4. The first-order valence-corrected chi connectivity index (χ1v) is 8.48.